The second-order valence-electron chi connectivity index (χ2n) is 3.25. The molecule has 0 spiro atoms. The lowest BCUT2D eigenvalue weighted by molar-refractivity contribution is 0.397. The van der Waals surface area contributed by atoms with Crippen molar-refractivity contribution in [3.05, 3.63) is 6.07 Å². The Bertz CT molecular complexity index is 386. The van der Waals surface area contributed by atoms with Gasteiger partial charge in [-0.3, -0.25) is 0 Å². The molecule has 0 bridgehead atoms. The second kappa shape index (κ2) is 5.81. The minimum absolute atomic E-state index is 0.187. The maximum atomic E-state index is 5.58. The van der Waals surface area contributed by atoms with E-state index >= 15 is 0 Å². The van der Waals surface area contributed by atoms with Gasteiger partial charge in [-0.25, -0.2) is 0 Å². The van der Waals surface area contributed by atoms with Crippen molar-refractivity contribution < 1.29 is 4.74 Å². The Morgan fingerprint density at radius 2 is 2.31 bits per heavy atom. The standard InChI is InChI=1S/C11H16N4O/c1-4-6-15(7-5-2)9-8-10(16-3)14-11(12)13-9/h1,8H,5-7H2,2-3H3,(H2,12,13,14). The number of nitrogens with zero attached hydrogens (tertiary/aromatic N) is 3. The summed E-state index contributed by atoms with van der Waals surface area (Å²) in [5, 5.41) is 0. The molecule has 86 valence electrons. The molecule has 1 heterocycles. The molecule has 0 saturated heterocycles. The van der Waals surface area contributed by atoms with Crippen LogP contribution in [-0.4, -0.2) is 30.2 Å². The fourth-order valence-electron chi connectivity index (χ4n) is 1.35. The van der Waals surface area contributed by atoms with Crippen molar-refractivity contribution in [1.82, 2.24) is 9.97 Å². The summed E-state index contributed by atoms with van der Waals surface area (Å²) in [7, 11) is 1.54. The third kappa shape index (κ3) is 3.02. The summed E-state index contributed by atoms with van der Waals surface area (Å²) in [6.07, 6.45) is 6.29. The number of nitrogens with two attached hydrogens (primary N) is 1. The number of methoxy groups -OCH3 is 1. The first-order valence-corrected chi connectivity index (χ1v) is 5.08. The van der Waals surface area contributed by atoms with Gasteiger partial charge in [-0.2, -0.15) is 9.97 Å². The zero-order valence-electron chi connectivity index (χ0n) is 9.60. The summed E-state index contributed by atoms with van der Waals surface area (Å²) in [6, 6.07) is 1.73. The number of terminal acetylenes is 1. The monoisotopic (exact) mass is 220 g/mol. The van der Waals surface area contributed by atoms with E-state index in [9.17, 15) is 0 Å². The van der Waals surface area contributed by atoms with Gasteiger partial charge in [0.25, 0.3) is 0 Å². The highest BCUT2D eigenvalue weighted by atomic mass is 16.5. The molecule has 2 N–H and O–H groups in total. The van der Waals surface area contributed by atoms with Gasteiger partial charge in [-0.05, 0) is 6.42 Å². The Morgan fingerprint density at radius 1 is 1.56 bits per heavy atom. The van der Waals surface area contributed by atoms with E-state index in [2.05, 4.69) is 22.8 Å². The van der Waals surface area contributed by atoms with Crippen LogP contribution in [0.1, 0.15) is 13.3 Å². The van der Waals surface area contributed by atoms with E-state index in [1.54, 1.807) is 6.07 Å². The molecule has 0 fully saturated rings. The number of anilines is 2. The lowest BCUT2D eigenvalue weighted by Crippen LogP contribution is -2.25. The third-order valence-corrected chi connectivity index (χ3v) is 2.02. The molecule has 0 aliphatic rings. The second-order valence-corrected chi connectivity index (χ2v) is 3.25. The van der Waals surface area contributed by atoms with E-state index < -0.39 is 0 Å². The van der Waals surface area contributed by atoms with Crippen LogP contribution in [0, 0.1) is 12.3 Å². The van der Waals surface area contributed by atoms with E-state index in [0.717, 1.165) is 13.0 Å². The Morgan fingerprint density at radius 3 is 2.88 bits per heavy atom. The topological polar surface area (TPSA) is 64.3 Å². The van der Waals surface area contributed by atoms with Crippen LogP contribution in [0.25, 0.3) is 0 Å². The number of aromatic nitrogens is 2. The molecule has 0 aliphatic heterocycles. The Kier molecular flexibility index (Phi) is 4.40. The molecule has 5 nitrogen and oxygen atoms in total. The van der Waals surface area contributed by atoms with Crippen molar-refractivity contribution in [3.8, 4) is 18.2 Å². The van der Waals surface area contributed by atoms with Crippen LogP contribution in [0.5, 0.6) is 5.88 Å². The number of nitrogen functional groups attached to an aromatic ring is 1. The van der Waals surface area contributed by atoms with Crippen LogP contribution in [0.3, 0.4) is 0 Å². The molecule has 0 radical (unpaired) electrons. The summed E-state index contributed by atoms with van der Waals surface area (Å²) in [5.41, 5.74) is 5.58. The Balaban J connectivity index is 2.99. The van der Waals surface area contributed by atoms with Crippen molar-refractivity contribution in [1.29, 1.82) is 0 Å². The number of ether oxygens (including phenoxy) is 1. The van der Waals surface area contributed by atoms with E-state index in [4.69, 9.17) is 16.9 Å². The number of hydrogen-bond donors (Lipinski definition) is 1. The van der Waals surface area contributed by atoms with Crippen LogP contribution in [0.4, 0.5) is 11.8 Å². The molecule has 0 amide bonds. The van der Waals surface area contributed by atoms with E-state index in [-0.39, 0.29) is 5.95 Å². The van der Waals surface area contributed by atoms with Crippen molar-refractivity contribution in [2.75, 3.05) is 30.8 Å². The molecule has 0 saturated carbocycles. The molecule has 0 aliphatic carbocycles. The molecular formula is C11H16N4O. The first-order chi connectivity index (χ1) is 7.71. The summed E-state index contributed by atoms with van der Waals surface area (Å²) in [4.78, 5) is 10.0. The molecule has 1 aromatic heterocycles. The summed E-state index contributed by atoms with van der Waals surface area (Å²) in [5.74, 6) is 3.92. The zero-order valence-corrected chi connectivity index (χ0v) is 9.60. The van der Waals surface area contributed by atoms with Crippen LogP contribution in [-0.2, 0) is 0 Å². The van der Waals surface area contributed by atoms with Gasteiger partial charge in [0.2, 0.25) is 11.8 Å². The smallest absolute Gasteiger partial charge is 0.225 e. The average Bonchev–Trinajstić information content (AvgIpc) is 2.28. The van der Waals surface area contributed by atoms with Crippen LogP contribution >= 0.6 is 0 Å². The van der Waals surface area contributed by atoms with Gasteiger partial charge >= 0.3 is 0 Å². The quantitative estimate of drug-likeness (QED) is 0.747. The van der Waals surface area contributed by atoms with Crippen molar-refractivity contribution in [3.63, 3.8) is 0 Å². The number of rotatable bonds is 5. The van der Waals surface area contributed by atoms with E-state index in [1.165, 1.54) is 7.11 Å². The normalized spacial score (nSPS) is 9.56. The zero-order chi connectivity index (χ0) is 12.0. The fraction of sp³-hybridized carbons (Fsp3) is 0.455. The third-order valence-electron chi connectivity index (χ3n) is 2.02. The minimum Gasteiger partial charge on any atom is -0.481 e. The largest absolute Gasteiger partial charge is 0.481 e. The molecule has 16 heavy (non-hydrogen) atoms. The fourth-order valence-corrected chi connectivity index (χ4v) is 1.35. The summed E-state index contributed by atoms with van der Waals surface area (Å²) >= 11 is 0. The minimum atomic E-state index is 0.187. The maximum absolute atomic E-state index is 5.58. The molecule has 0 unspecified atom stereocenters. The van der Waals surface area contributed by atoms with E-state index in [1.807, 2.05) is 4.90 Å². The lowest BCUT2D eigenvalue weighted by Gasteiger charge is -2.20. The Labute approximate surface area is 95.6 Å². The lowest BCUT2D eigenvalue weighted by atomic mass is 10.4. The van der Waals surface area contributed by atoms with Crippen LogP contribution < -0.4 is 15.4 Å². The van der Waals surface area contributed by atoms with Crippen LogP contribution in [0.2, 0.25) is 0 Å². The van der Waals surface area contributed by atoms with Crippen molar-refractivity contribution in [2.24, 2.45) is 0 Å². The van der Waals surface area contributed by atoms with Gasteiger partial charge in [0.1, 0.15) is 5.82 Å². The molecular weight excluding hydrogens is 204 g/mol. The SMILES string of the molecule is C#CCN(CCC)c1cc(OC)nc(N)n1. The Hall–Kier alpha value is -1.96. The van der Waals surface area contributed by atoms with Gasteiger partial charge in [-0.15, -0.1) is 6.42 Å². The molecule has 5 heteroatoms. The van der Waals surface area contributed by atoms with E-state index in [0.29, 0.717) is 18.2 Å². The highest BCUT2D eigenvalue weighted by molar-refractivity contribution is 5.46. The average molecular weight is 220 g/mol. The van der Waals surface area contributed by atoms with Gasteiger partial charge in [0.15, 0.2) is 0 Å². The van der Waals surface area contributed by atoms with Gasteiger partial charge in [0.05, 0.1) is 13.7 Å². The highest BCUT2D eigenvalue weighted by Gasteiger charge is 2.09. The summed E-state index contributed by atoms with van der Waals surface area (Å²) < 4.78 is 5.03. The predicted octanol–water partition coefficient (Wildman–Crippen LogP) is 0.917. The molecule has 1 aromatic rings. The first-order valence-electron chi connectivity index (χ1n) is 5.08. The van der Waals surface area contributed by atoms with Crippen LogP contribution in [0.15, 0.2) is 6.07 Å². The molecule has 0 aromatic carbocycles. The first kappa shape index (κ1) is 12.1. The molecule has 1 rings (SSSR count). The number of hydrogen-bond acceptors (Lipinski definition) is 5. The predicted molar refractivity (Wildman–Crippen MR) is 64.3 cm³/mol. The van der Waals surface area contributed by atoms with Crippen molar-refractivity contribution in [2.45, 2.75) is 13.3 Å². The highest BCUT2D eigenvalue weighted by Crippen LogP contribution is 2.18. The maximum Gasteiger partial charge on any atom is 0.225 e. The van der Waals surface area contributed by atoms with Gasteiger partial charge in [-0.1, -0.05) is 12.8 Å². The van der Waals surface area contributed by atoms with Gasteiger partial charge in [0, 0.05) is 12.6 Å². The van der Waals surface area contributed by atoms with Crippen molar-refractivity contribution >= 4 is 11.8 Å². The van der Waals surface area contributed by atoms with Gasteiger partial charge < -0.3 is 15.4 Å². The molecule has 0 atom stereocenters. The summed E-state index contributed by atoms with van der Waals surface area (Å²) in [6.45, 7) is 3.39.